The van der Waals surface area contributed by atoms with Gasteiger partial charge in [0.1, 0.15) is 6.33 Å². The maximum absolute atomic E-state index is 4.46. The standard InChI is InChI=1S/C10H14N6S/c1-11-4-8-5-12-10(17-8)15-2-3-16-7-13-14-9(16)6-15/h5,7,11H,2-4,6H2,1H3. The molecule has 90 valence electrons. The Labute approximate surface area is 103 Å². The van der Waals surface area contributed by atoms with E-state index in [9.17, 15) is 0 Å². The highest BCUT2D eigenvalue weighted by Crippen LogP contribution is 2.25. The van der Waals surface area contributed by atoms with Gasteiger partial charge in [-0.3, -0.25) is 0 Å². The quantitative estimate of drug-likeness (QED) is 0.858. The van der Waals surface area contributed by atoms with Crippen molar-refractivity contribution in [2.45, 2.75) is 19.6 Å². The Bertz CT molecular complexity index is 504. The summed E-state index contributed by atoms with van der Waals surface area (Å²) >= 11 is 1.74. The number of hydrogen-bond acceptors (Lipinski definition) is 6. The molecule has 17 heavy (non-hydrogen) atoms. The molecule has 2 aromatic rings. The minimum atomic E-state index is 0.798. The molecule has 2 aromatic heterocycles. The average Bonchev–Trinajstić information content (AvgIpc) is 2.96. The average molecular weight is 250 g/mol. The van der Waals surface area contributed by atoms with Crippen LogP contribution >= 0.6 is 11.3 Å². The number of aromatic nitrogens is 4. The molecule has 0 aliphatic carbocycles. The predicted octanol–water partition coefficient (Wildman–Crippen LogP) is 0.474. The van der Waals surface area contributed by atoms with Gasteiger partial charge in [-0.05, 0) is 7.05 Å². The molecule has 1 aliphatic heterocycles. The third-order valence-electron chi connectivity index (χ3n) is 2.80. The monoisotopic (exact) mass is 250 g/mol. The van der Waals surface area contributed by atoms with Gasteiger partial charge >= 0.3 is 0 Å². The van der Waals surface area contributed by atoms with E-state index in [1.807, 2.05) is 13.2 Å². The van der Waals surface area contributed by atoms with Crippen LogP contribution in [0, 0.1) is 0 Å². The van der Waals surface area contributed by atoms with Crippen LogP contribution < -0.4 is 10.2 Å². The van der Waals surface area contributed by atoms with Gasteiger partial charge < -0.3 is 14.8 Å². The molecule has 0 aromatic carbocycles. The van der Waals surface area contributed by atoms with Gasteiger partial charge in [-0.25, -0.2) is 4.98 Å². The van der Waals surface area contributed by atoms with Crippen molar-refractivity contribution in [2.24, 2.45) is 0 Å². The first-order chi connectivity index (χ1) is 8.36. The van der Waals surface area contributed by atoms with Gasteiger partial charge in [0, 0.05) is 30.7 Å². The molecule has 0 amide bonds. The number of anilines is 1. The van der Waals surface area contributed by atoms with Crippen molar-refractivity contribution < 1.29 is 0 Å². The summed E-state index contributed by atoms with van der Waals surface area (Å²) < 4.78 is 2.10. The van der Waals surface area contributed by atoms with E-state index in [4.69, 9.17) is 0 Å². The van der Waals surface area contributed by atoms with Crippen LogP contribution in [0.3, 0.4) is 0 Å². The summed E-state index contributed by atoms with van der Waals surface area (Å²) in [7, 11) is 1.95. The van der Waals surface area contributed by atoms with Gasteiger partial charge in [0.15, 0.2) is 11.0 Å². The topological polar surface area (TPSA) is 58.9 Å². The summed E-state index contributed by atoms with van der Waals surface area (Å²) in [5, 5.41) is 12.2. The molecule has 0 saturated carbocycles. The second-order valence-corrected chi connectivity index (χ2v) is 5.10. The Kier molecular flexibility index (Phi) is 2.77. The predicted molar refractivity (Wildman–Crippen MR) is 65.9 cm³/mol. The normalized spacial score (nSPS) is 15.0. The third-order valence-corrected chi connectivity index (χ3v) is 3.86. The SMILES string of the molecule is CNCc1cnc(N2CCn3cnnc3C2)s1. The van der Waals surface area contributed by atoms with Gasteiger partial charge in [0.05, 0.1) is 6.54 Å². The Balaban J connectivity index is 1.77. The van der Waals surface area contributed by atoms with Crippen molar-refractivity contribution in [2.75, 3.05) is 18.5 Å². The molecule has 0 fully saturated rings. The van der Waals surface area contributed by atoms with Gasteiger partial charge in [-0.2, -0.15) is 0 Å². The van der Waals surface area contributed by atoms with Crippen molar-refractivity contribution in [1.29, 1.82) is 0 Å². The first kappa shape index (κ1) is 10.7. The molecule has 7 heteroatoms. The van der Waals surface area contributed by atoms with Gasteiger partial charge in [-0.15, -0.1) is 21.5 Å². The summed E-state index contributed by atoms with van der Waals surface area (Å²) in [6.45, 7) is 3.58. The van der Waals surface area contributed by atoms with Crippen LogP contribution in [-0.4, -0.2) is 33.3 Å². The fraction of sp³-hybridized carbons (Fsp3) is 0.500. The Hall–Kier alpha value is -1.47. The zero-order chi connectivity index (χ0) is 11.7. The molecule has 0 radical (unpaired) electrons. The lowest BCUT2D eigenvalue weighted by Crippen LogP contribution is -2.33. The minimum absolute atomic E-state index is 0.798. The zero-order valence-corrected chi connectivity index (χ0v) is 10.4. The zero-order valence-electron chi connectivity index (χ0n) is 9.63. The molecule has 0 bridgehead atoms. The smallest absolute Gasteiger partial charge is 0.186 e. The van der Waals surface area contributed by atoms with Crippen LogP contribution in [0.15, 0.2) is 12.5 Å². The minimum Gasteiger partial charge on any atom is -0.339 e. The molecule has 0 unspecified atom stereocenters. The summed E-state index contributed by atoms with van der Waals surface area (Å²) in [6.07, 6.45) is 3.73. The Morgan fingerprint density at radius 1 is 1.47 bits per heavy atom. The molecular formula is C10H14N6S. The Morgan fingerprint density at radius 2 is 2.41 bits per heavy atom. The lowest BCUT2D eigenvalue weighted by molar-refractivity contribution is 0.559. The highest BCUT2D eigenvalue weighted by Gasteiger charge is 2.19. The number of rotatable bonds is 3. The molecule has 0 spiro atoms. The number of fused-ring (bicyclic) bond motifs is 1. The number of nitrogens with zero attached hydrogens (tertiary/aromatic N) is 5. The van der Waals surface area contributed by atoms with Crippen LogP contribution in [-0.2, 0) is 19.6 Å². The summed E-state index contributed by atoms with van der Waals surface area (Å²) in [5.74, 6) is 1.02. The van der Waals surface area contributed by atoms with Crippen molar-refractivity contribution in [1.82, 2.24) is 25.1 Å². The molecule has 0 atom stereocenters. The van der Waals surface area contributed by atoms with Crippen molar-refractivity contribution in [3.8, 4) is 0 Å². The van der Waals surface area contributed by atoms with Crippen molar-refractivity contribution in [3.05, 3.63) is 23.2 Å². The van der Waals surface area contributed by atoms with Crippen LogP contribution in [0.2, 0.25) is 0 Å². The van der Waals surface area contributed by atoms with E-state index < -0.39 is 0 Å². The first-order valence-electron chi connectivity index (χ1n) is 5.58. The second-order valence-electron chi connectivity index (χ2n) is 4.00. The lowest BCUT2D eigenvalue weighted by Gasteiger charge is -2.26. The van der Waals surface area contributed by atoms with Crippen LogP contribution in [0.1, 0.15) is 10.7 Å². The summed E-state index contributed by atoms with van der Waals surface area (Å²) in [5.41, 5.74) is 0. The molecular weight excluding hydrogens is 236 g/mol. The second kappa shape index (κ2) is 4.42. The van der Waals surface area contributed by atoms with Crippen LogP contribution in [0.25, 0.3) is 0 Å². The molecule has 1 N–H and O–H groups in total. The van der Waals surface area contributed by atoms with E-state index in [-0.39, 0.29) is 0 Å². The number of hydrogen-bond donors (Lipinski definition) is 1. The maximum Gasteiger partial charge on any atom is 0.186 e. The molecule has 3 heterocycles. The van der Waals surface area contributed by atoms with E-state index in [2.05, 4.69) is 30.0 Å². The van der Waals surface area contributed by atoms with Crippen LogP contribution in [0.5, 0.6) is 0 Å². The number of nitrogens with one attached hydrogen (secondary N) is 1. The maximum atomic E-state index is 4.46. The van der Waals surface area contributed by atoms with Gasteiger partial charge in [0.2, 0.25) is 0 Å². The van der Waals surface area contributed by atoms with Crippen molar-refractivity contribution >= 4 is 16.5 Å². The van der Waals surface area contributed by atoms with E-state index in [1.54, 1.807) is 17.7 Å². The lowest BCUT2D eigenvalue weighted by atomic mass is 10.4. The van der Waals surface area contributed by atoms with Gasteiger partial charge in [0.25, 0.3) is 0 Å². The van der Waals surface area contributed by atoms with Gasteiger partial charge in [-0.1, -0.05) is 0 Å². The summed E-state index contributed by atoms with van der Waals surface area (Å²) in [4.78, 5) is 7.98. The van der Waals surface area contributed by atoms with E-state index in [1.165, 1.54) is 4.88 Å². The fourth-order valence-corrected chi connectivity index (χ4v) is 2.88. The van der Waals surface area contributed by atoms with Crippen LogP contribution in [0.4, 0.5) is 5.13 Å². The third kappa shape index (κ3) is 2.03. The van der Waals surface area contributed by atoms with E-state index in [0.29, 0.717) is 0 Å². The number of thiazole rings is 1. The highest BCUT2D eigenvalue weighted by atomic mass is 32.1. The molecule has 0 saturated heterocycles. The Morgan fingerprint density at radius 3 is 3.29 bits per heavy atom. The van der Waals surface area contributed by atoms with E-state index >= 15 is 0 Å². The largest absolute Gasteiger partial charge is 0.339 e. The van der Waals surface area contributed by atoms with Crippen molar-refractivity contribution in [3.63, 3.8) is 0 Å². The van der Waals surface area contributed by atoms with E-state index in [0.717, 1.165) is 37.1 Å². The highest BCUT2D eigenvalue weighted by molar-refractivity contribution is 7.15. The molecule has 3 rings (SSSR count). The summed E-state index contributed by atoms with van der Waals surface area (Å²) in [6, 6.07) is 0. The fourth-order valence-electron chi connectivity index (χ4n) is 1.93. The first-order valence-corrected chi connectivity index (χ1v) is 6.39. The molecule has 1 aliphatic rings. The molecule has 6 nitrogen and oxygen atoms in total.